The maximum Gasteiger partial charge on any atom is 0.407 e. The lowest BCUT2D eigenvalue weighted by atomic mass is 9.87. The first-order valence-corrected chi connectivity index (χ1v) is 7.72. The maximum atomic E-state index is 11.8. The Labute approximate surface area is 125 Å². The number of ether oxygens (including phenoxy) is 1. The quantitative estimate of drug-likeness (QED) is 0.752. The molecule has 0 aromatic carbocycles. The van der Waals surface area contributed by atoms with Crippen LogP contribution < -0.4 is 10.6 Å². The highest BCUT2D eigenvalue weighted by Crippen LogP contribution is 2.17. The summed E-state index contributed by atoms with van der Waals surface area (Å²) < 4.78 is 5.28. The number of carbonyl (C=O) groups is 1. The predicted octanol–water partition coefficient (Wildman–Crippen LogP) is 3.56. The minimum atomic E-state index is -0.456. The van der Waals surface area contributed by atoms with E-state index in [0.717, 1.165) is 13.0 Å². The fourth-order valence-electron chi connectivity index (χ4n) is 1.59. The van der Waals surface area contributed by atoms with Crippen LogP contribution in [0.5, 0.6) is 0 Å². The van der Waals surface area contributed by atoms with Gasteiger partial charge in [0, 0.05) is 12.1 Å². The van der Waals surface area contributed by atoms with Gasteiger partial charge in [0.2, 0.25) is 0 Å². The lowest BCUT2D eigenvalue weighted by Gasteiger charge is -2.36. The third-order valence-electron chi connectivity index (χ3n) is 3.82. The molecule has 20 heavy (non-hydrogen) atoms. The van der Waals surface area contributed by atoms with Crippen molar-refractivity contribution in [3.8, 4) is 0 Å². The van der Waals surface area contributed by atoms with Crippen molar-refractivity contribution in [3.63, 3.8) is 0 Å². The fraction of sp³-hybridized carbons (Fsp3) is 0.938. The number of hydrogen-bond acceptors (Lipinski definition) is 3. The van der Waals surface area contributed by atoms with Crippen molar-refractivity contribution in [1.29, 1.82) is 0 Å². The van der Waals surface area contributed by atoms with Crippen molar-refractivity contribution in [2.45, 2.75) is 73.0 Å². The van der Waals surface area contributed by atoms with E-state index >= 15 is 0 Å². The van der Waals surface area contributed by atoms with Crippen molar-refractivity contribution in [1.82, 2.24) is 10.6 Å². The largest absolute Gasteiger partial charge is 0.444 e. The Morgan fingerprint density at radius 3 is 2.10 bits per heavy atom. The number of alkyl carbamates (subject to hydrolysis) is 1. The molecule has 0 aliphatic carbocycles. The molecular formula is C16H34N2O2. The van der Waals surface area contributed by atoms with Gasteiger partial charge in [0.15, 0.2) is 0 Å². The minimum absolute atomic E-state index is 0.125. The van der Waals surface area contributed by atoms with E-state index in [1.165, 1.54) is 0 Å². The van der Waals surface area contributed by atoms with Crippen molar-refractivity contribution >= 4 is 6.09 Å². The van der Waals surface area contributed by atoms with E-state index < -0.39 is 5.60 Å². The van der Waals surface area contributed by atoms with Crippen LogP contribution in [0.2, 0.25) is 0 Å². The molecule has 0 saturated carbocycles. The molecule has 0 aliphatic heterocycles. The summed E-state index contributed by atoms with van der Waals surface area (Å²) in [5, 5.41) is 6.47. The molecule has 2 N–H and O–H groups in total. The van der Waals surface area contributed by atoms with Gasteiger partial charge in [-0.15, -0.1) is 0 Å². The number of rotatable bonds is 7. The molecule has 0 rings (SSSR count). The first-order chi connectivity index (χ1) is 9.00. The van der Waals surface area contributed by atoms with Gasteiger partial charge in [0.05, 0.1) is 0 Å². The molecule has 0 spiro atoms. The zero-order valence-electron chi connectivity index (χ0n) is 14.6. The summed E-state index contributed by atoms with van der Waals surface area (Å²) in [6, 6.07) is 0. The maximum absolute atomic E-state index is 11.8. The van der Waals surface area contributed by atoms with Gasteiger partial charge in [-0.1, -0.05) is 34.1 Å². The Morgan fingerprint density at radius 1 is 1.15 bits per heavy atom. The highest BCUT2D eigenvalue weighted by molar-refractivity contribution is 5.67. The van der Waals surface area contributed by atoms with Gasteiger partial charge in [0.25, 0.3) is 0 Å². The van der Waals surface area contributed by atoms with Crippen molar-refractivity contribution in [2.24, 2.45) is 11.8 Å². The molecule has 1 amide bonds. The topological polar surface area (TPSA) is 50.4 Å². The minimum Gasteiger partial charge on any atom is -0.444 e. The Kier molecular flexibility index (Phi) is 7.56. The molecule has 0 radical (unpaired) electrons. The molecule has 0 aromatic rings. The standard InChI is InChI=1S/C16H34N2O2/c1-9-13(4)10-18-16(8,12(2)3)11-17-14(19)20-15(5,6)7/h12-13,18H,9-11H2,1-8H3,(H,17,19). The van der Waals surface area contributed by atoms with E-state index in [0.29, 0.717) is 18.4 Å². The third kappa shape index (κ3) is 7.73. The van der Waals surface area contributed by atoms with Crippen LogP contribution >= 0.6 is 0 Å². The van der Waals surface area contributed by atoms with Gasteiger partial charge < -0.3 is 15.4 Å². The lowest BCUT2D eigenvalue weighted by Crippen LogP contribution is -2.56. The van der Waals surface area contributed by atoms with E-state index in [9.17, 15) is 4.79 Å². The van der Waals surface area contributed by atoms with Crippen LogP contribution in [-0.2, 0) is 4.74 Å². The summed E-state index contributed by atoms with van der Waals surface area (Å²) in [5.41, 5.74) is -0.581. The average molecular weight is 286 g/mol. The van der Waals surface area contributed by atoms with E-state index in [4.69, 9.17) is 4.74 Å². The lowest BCUT2D eigenvalue weighted by molar-refractivity contribution is 0.0502. The van der Waals surface area contributed by atoms with Crippen LogP contribution in [0.4, 0.5) is 4.79 Å². The molecule has 0 aliphatic rings. The third-order valence-corrected chi connectivity index (χ3v) is 3.82. The van der Waals surface area contributed by atoms with Gasteiger partial charge in [-0.25, -0.2) is 4.79 Å². The Balaban J connectivity index is 4.43. The fourth-order valence-corrected chi connectivity index (χ4v) is 1.59. The van der Waals surface area contributed by atoms with E-state index in [2.05, 4.69) is 45.3 Å². The van der Waals surface area contributed by atoms with Crippen LogP contribution in [0.15, 0.2) is 0 Å². The zero-order chi connectivity index (χ0) is 16.0. The molecule has 4 nitrogen and oxygen atoms in total. The smallest absolute Gasteiger partial charge is 0.407 e. The first-order valence-electron chi connectivity index (χ1n) is 7.72. The second kappa shape index (κ2) is 7.87. The molecule has 0 saturated heterocycles. The normalized spacial score (nSPS) is 16.6. The molecule has 0 aromatic heterocycles. The zero-order valence-corrected chi connectivity index (χ0v) is 14.6. The van der Waals surface area contributed by atoms with Crippen molar-refractivity contribution in [3.05, 3.63) is 0 Å². The molecule has 0 bridgehead atoms. The Bertz CT molecular complexity index is 297. The second-order valence-corrected chi connectivity index (χ2v) is 7.32. The first kappa shape index (κ1) is 19.2. The molecule has 4 heteroatoms. The second-order valence-electron chi connectivity index (χ2n) is 7.32. The van der Waals surface area contributed by atoms with Gasteiger partial charge in [0.1, 0.15) is 5.60 Å². The summed E-state index contributed by atoms with van der Waals surface area (Å²) in [6.45, 7) is 18.0. The monoisotopic (exact) mass is 286 g/mol. The highest BCUT2D eigenvalue weighted by Gasteiger charge is 2.29. The molecular weight excluding hydrogens is 252 g/mol. The van der Waals surface area contributed by atoms with Gasteiger partial charge in [-0.2, -0.15) is 0 Å². The Morgan fingerprint density at radius 2 is 1.70 bits per heavy atom. The number of nitrogens with one attached hydrogen (secondary N) is 2. The summed E-state index contributed by atoms with van der Waals surface area (Å²) in [6.07, 6.45) is 0.801. The van der Waals surface area contributed by atoms with Crippen molar-refractivity contribution < 1.29 is 9.53 Å². The molecule has 0 fully saturated rings. The van der Waals surface area contributed by atoms with E-state index in [1.807, 2.05) is 20.8 Å². The van der Waals surface area contributed by atoms with Crippen molar-refractivity contribution in [2.75, 3.05) is 13.1 Å². The summed E-state index contributed by atoms with van der Waals surface area (Å²) >= 11 is 0. The van der Waals surface area contributed by atoms with Gasteiger partial charge in [-0.3, -0.25) is 0 Å². The molecule has 0 heterocycles. The molecule has 2 atom stereocenters. The average Bonchev–Trinajstić information content (AvgIpc) is 2.31. The molecule has 2 unspecified atom stereocenters. The van der Waals surface area contributed by atoms with Crippen LogP contribution in [0, 0.1) is 11.8 Å². The highest BCUT2D eigenvalue weighted by atomic mass is 16.6. The summed E-state index contributed by atoms with van der Waals surface area (Å²) in [5.74, 6) is 1.05. The van der Waals surface area contributed by atoms with Crippen LogP contribution in [0.1, 0.15) is 61.8 Å². The number of hydrogen-bond donors (Lipinski definition) is 2. The SMILES string of the molecule is CCC(C)CNC(C)(CNC(=O)OC(C)(C)C)C(C)C. The van der Waals surface area contributed by atoms with E-state index in [1.54, 1.807) is 0 Å². The summed E-state index contributed by atoms with van der Waals surface area (Å²) in [7, 11) is 0. The molecule has 120 valence electrons. The number of carbonyl (C=O) groups excluding carboxylic acids is 1. The van der Waals surface area contributed by atoms with Crippen LogP contribution in [-0.4, -0.2) is 30.3 Å². The van der Waals surface area contributed by atoms with Crippen LogP contribution in [0.25, 0.3) is 0 Å². The van der Waals surface area contributed by atoms with Gasteiger partial charge >= 0.3 is 6.09 Å². The summed E-state index contributed by atoms with van der Waals surface area (Å²) in [4.78, 5) is 11.8. The van der Waals surface area contributed by atoms with E-state index in [-0.39, 0.29) is 11.6 Å². The number of amides is 1. The predicted molar refractivity (Wildman–Crippen MR) is 84.9 cm³/mol. The van der Waals surface area contributed by atoms with Crippen LogP contribution in [0.3, 0.4) is 0 Å². The van der Waals surface area contributed by atoms with Gasteiger partial charge in [-0.05, 0) is 46.1 Å². The Hall–Kier alpha value is -0.770.